The van der Waals surface area contributed by atoms with Crippen LogP contribution in [-0.2, 0) is 16.1 Å². The van der Waals surface area contributed by atoms with Crippen LogP contribution in [0.2, 0.25) is 5.02 Å². The molecule has 0 saturated heterocycles. The van der Waals surface area contributed by atoms with E-state index in [-0.39, 0.29) is 25.6 Å². The Balaban J connectivity index is 1.41. The summed E-state index contributed by atoms with van der Waals surface area (Å²) in [4.78, 5) is 32.3. The molecule has 0 unspecified atom stereocenters. The lowest BCUT2D eigenvalue weighted by Crippen LogP contribution is -2.39. The number of benzene rings is 3. The molecule has 3 aromatic carbocycles. The van der Waals surface area contributed by atoms with E-state index in [0.717, 1.165) is 11.1 Å². The van der Waals surface area contributed by atoms with Crippen molar-refractivity contribution in [1.82, 2.24) is 4.57 Å². The molecule has 8 nitrogen and oxygen atoms in total. The highest BCUT2D eigenvalue weighted by molar-refractivity contribution is 9.11. The number of carbonyl (C=O) groups excluding carboxylic acids is 1. The average molecular weight is 747 g/mol. The zero-order valence-electron chi connectivity index (χ0n) is 22.9. The number of carbonyl (C=O) groups is 1. The van der Waals surface area contributed by atoms with Crippen molar-refractivity contribution in [3.63, 3.8) is 0 Å². The van der Waals surface area contributed by atoms with Gasteiger partial charge >= 0.3 is 5.97 Å². The van der Waals surface area contributed by atoms with E-state index in [1.54, 1.807) is 36.6 Å². The third-order valence-corrected chi connectivity index (χ3v) is 9.41. The van der Waals surface area contributed by atoms with E-state index in [2.05, 4.69) is 36.9 Å². The molecule has 0 N–H and O–H groups in total. The maximum atomic E-state index is 14.0. The van der Waals surface area contributed by atoms with Gasteiger partial charge in [-0.3, -0.25) is 9.36 Å². The second-order valence-corrected chi connectivity index (χ2v) is 12.7. The molecule has 2 aliphatic heterocycles. The van der Waals surface area contributed by atoms with Gasteiger partial charge in [0.1, 0.15) is 12.4 Å². The quantitative estimate of drug-likeness (QED) is 0.207. The minimum Gasteiger partial charge on any atom is -0.486 e. The highest BCUT2D eigenvalue weighted by Gasteiger charge is 2.34. The molecule has 0 aliphatic carbocycles. The number of esters is 1. The molecule has 3 heterocycles. The number of fused-ring (bicyclic) bond motifs is 2. The topological polar surface area (TPSA) is 88.4 Å². The van der Waals surface area contributed by atoms with Crippen LogP contribution in [0.1, 0.15) is 36.6 Å². The summed E-state index contributed by atoms with van der Waals surface area (Å²) in [5.41, 5.74) is 2.80. The second kappa shape index (κ2) is 12.3. The zero-order chi connectivity index (χ0) is 30.2. The van der Waals surface area contributed by atoms with Crippen LogP contribution in [0, 0.1) is 0 Å². The van der Waals surface area contributed by atoms with Crippen LogP contribution in [0.15, 0.2) is 84.6 Å². The second-order valence-electron chi connectivity index (χ2n) is 9.61. The van der Waals surface area contributed by atoms with E-state index < -0.39 is 12.0 Å². The Bertz CT molecular complexity index is 1960. The SMILES string of the molecule is CCOC(=O)C1=C(C)N=c2s/c(=C\c3cc(Br)c(OCc4ccccc4Cl)c(Br)c3)c(=O)n2[C@H]1c1ccc2c(c1)OCO2. The van der Waals surface area contributed by atoms with Crippen LogP contribution >= 0.6 is 54.8 Å². The number of ether oxygens (including phenoxy) is 4. The number of allylic oxidation sites excluding steroid dienone is 1. The molecular formula is C31H23Br2ClN2O6S. The third kappa shape index (κ3) is 5.78. The maximum Gasteiger partial charge on any atom is 0.338 e. The van der Waals surface area contributed by atoms with Gasteiger partial charge in [-0.25, -0.2) is 9.79 Å². The predicted molar refractivity (Wildman–Crippen MR) is 171 cm³/mol. The largest absolute Gasteiger partial charge is 0.486 e. The van der Waals surface area contributed by atoms with Gasteiger partial charge in [0.15, 0.2) is 16.3 Å². The Morgan fingerprint density at radius 1 is 1.14 bits per heavy atom. The molecule has 0 saturated carbocycles. The van der Waals surface area contributed by atoms with Gasteiger partial charge in [-0.1, -0.05) is 47.2 Å². The minimum atomic E-state index is -0.758. The van der Waals surface area contributed by atoms with Gasteiger partial charge in [-0.05, 0) is 93.2 Å². The van der Waals surface area contributed by atoms with Gasteiger partial charge in [-0.15, -0.1) is 0 Å². The smallest absolute Gasteiger partial charge is 0.338 e. The van der Waals surface area contributed by atoms with Crippen LogP contribution < -0.4 is 29.1 Å². The van der Waals surface area contributed by atoms with Crippen LogP contribution in [0.3, 0.4) is 0 Å². The number of thiazole rings is 1. The molecule has 2 aliphatic rings. The lowest BCUT2D eigenvalue weighted by Gasteiger charge is -2.24. The van der Waals surface area contributed by atoms with Crippen molar-refractivity contribution in [3.05, 3.63) is 116 Å². The van der Waals surface area contributed by atoms with Crippen molar-refractivity contribution < 1.29 is 23.7 Å². The summed E-state index contributed by atoms with van der Waals surface area (Å²) < 4.78 is 25.9. The van der Waals surface area contributed by atoms with Crippen molar-refractivity contribution in [2.75, 3.05) is 13.4 Å². The van der Waals surface area contributed by atoms with Gasteiger partial charge in [0.25, 0.3) is 5.56 Å². The van der Waals surface area contributed by atoms with Gasteiger partial charge < -0.3 is 18.9 Å². The lowest BCUT2D eigenvalue weighted by atomic mass is 9.95. The summed E-state index contributed by atoms with van der Waals surface area (Å²) in [7, 11) is 0. The minimum absolute atomic E-state index is 0.107. The predicted octanol–water partition coefficient (Wildman–Crippen LogP) is 6.28. The maximum absolute atomic E-state index is 14.0. The first-order valence-electron chi connectivity index (χ1n) is 13.2. The summed E-state index contributed by atoms with van der Waals surface area (Å²) >= 11 is 14.7. The van der Waals surface area contributed by atoms with Crippen LogP contribution in [0.25, 0.3) is 6.08 Å². The first kappa shape index (κ1) is 29.7. The number of hydrogen-bond acceptors (Lipinski definition) is 8. The van der Waals surface area contributed by atoms with Crippen molar-refractivity contribution in [2.45, 2.75) is 26.5 Å². The van der Waals surface area contributed by atoms with Crippen molar-refractivity contribution in [2.24, 2.45) is 4.99 Å². The first-order chi connectivity index (χ1) is 20.7. The van der Waals surface area contributed by atoms with E-state index in [1.165, 1.54) is 11.3 Å². The van der Waals surface area contributed by atoms with Gasteiger partial charge in [-0.2, -0.15) is 0 Å². The molecule has 4 aromatic rings. The fraction of sp³-hybridized carbons (Fsp3) is 0.194. The van der Waals surface area contributed by atoms with Crippen molar-refractivity contribution in [3.8, 4) is 17.2 Å². The molecule has 1 aromatic heterocycles. The molecule has 0 bridgehead atoms. The van der Waals surface area contributed by atoms with E-state index in [9.17, 15) is 9.59 Å². The zero-order valence-corrected chi connectivity index (χ0v) is 27.6. The highest BCUT2D eigenvalue weighted by Crippen LogP contribution is 2.39. The fourth-order valence-electron chi connectivity index (χ4n) is 4.91. The number of nitrogens with zero attached hydrogens (tertiary/aromatic N) is 2. The summed E-state index contributed by atoms with van der Waals surface area (Å²) in [5.74, 6) is 1.23. The first-order valence-corrected chi connectivity index (χ1v) is 16.0. The Morgan fingerprint density at radius 3 is 2.63 bits per heavy atom. The summed E-state index contributed by atoms with van der Waals surface area (Å²) in [6.45, 7) is 4.07. The van der Waals surface area contributed by atoms with Crippen LogP contribution in [0.4, 0.5) is 0 Å². The number of aromatic nitrogens is 1. The molecular weight excluding hydrogens is 724 g/mol. The molecule has 0 spiro atoms. The van der Waals surface area contributed by atoms with E-state index in [1.807, 2.05) is 42.5 Å². The fourth-order valence-corrected chi connectivity index (χ4v) is 7.60. The monoisotopic (exact) mass is 744 g/mol. The average Bonchev–Trinajstić information content (AvgIpc) is 3.56. The molecule has 1 atom stereocenters. The Hall–Kier alpha value is -3.38. The summed E-state index contributed by atoms with van der Waals surface area (Å²) in [5, 5.41) is 0.627. The van der Waals surface area contributed by atoms with E-state index >= 15 is 0 Å². The van der Waals surface area contributed by atoms with Crippen LogP contribution in [-0.4, -0.2) is 23.9 Å². The Labute approximate surface area is 272 Å². The van der Waals surface area contributed by atoms with Crippen LogP contribution in [0.5, 0.6) is 17.2 Å². The number of halogens is 3. The van der Waals surface area contributed by atoms with Gasteiger partial charge in [0.2, 0.25) is 6.79 Å². The number of hydrogen-bond donors (Lipinski definition) is 0. The Morgan fingerprint density at radius 2 is 1.88 bits per heavy atom. The van der Waals surface area contributed by atoms with Crippen molar-refractivity contribution >= 4 is 66.8 Å². The molecule has 0 amide bonds. The molecule has 0 fully saturated rings. The summed E-state index contributed by atoms with van der Waals surface area (Å²) in [6, 6.07) is 15.9. The molecule has 6 rings (SSSR count). The number of rotatable bonds is 7. The van der Waals surface area contributed by atoms with E-state index in [0.29, 0.717) is 57.4 Å². The molecule has 220 valence electrons. The Kier molecular flexibility index (Phi) is 8.50. The molecule has 12 heteroatoms. The molecule has 43 heavy (non-hydrogen) atoms. The summed E-state index contributed by atoms with van der Waals surface area (Å²) in [6.07, 6.45) is 1.79. The normalized spacial score (nSPS) is 15.7. The highest BCUT2D eigenvalue weighted by atomic mass is 79.9. The van der Waals surface area contributed by atoms with Gasteiger partial charge in [0, 0.05) is 10.6 Å². The molecule has 0 radical (unpaired) electrons. The van der Waals surface area contributed by atoms with Crippen molar-refractivity contribution in [1.29, 1.82) is 0 Å². The third-order valence-electron chi connectivity index (χ3n) is 6.88. The lowest BCUT2D eigenvalue weighted by molar-refractivity contribution is -0.139. The standard InChI is InChI=1S/C31H23Br2ClN2O6S/c1-3-39-30(38)26-16(2)35-31-36(27(26)18-8-9-23-24(13-18)42-15-41-23)29(37)25(43-31)12-17-10-20(32)28(21(33)11-17)40-14-19-6-4-5-7-22(19)34/h4-13,27H,3,14-15H2,1-2H3/b25-12-/t27-/m0/s1. The van der Waals surface area contributed by atoms with E-state index in [4.69, 9.17) is 30.5 Å². The van der Waals surface area contributed by atoms with Gasteiger partial charge in [0.05, 0.1) is 37.4 Å².